The first-order valence-electron chi connectivity index (χ1n) is 10.5. The van der Waals surface area contributed by atoms with E-state index in [1.54, 1.807) is 54.6 Å². The second-order valence-corrected chi connectivity index (χ2v) is 8.84. The molecular weight excluding hydrogens is 473 g/mol. The molecule has 3 amide bonds. The second kappa shape index (κ2) is 9.33. The Hall–Kier alpha value is -3.61. The summed E-state index contributed by atoms with van der Waals surface area (Å²) in [5.74, 6) is -1.51. The minimum absolute atomic E-state index is 0.0454. The number of nitrogens with one attached hydrogen (secondary N) is 2. The van der Waals surface area contributed by atoms with Crippen LogP contribution < -0.4 is 15.5 Å². The van der Waals surface area contributed by atoms with Crippen LogP contribution in [-0.2, 0) is 9.59 Å². The zero-order valence-electron chi connectivity index (χ0n) is 18.7. The van der Waals surface area contributed by atoms with Crippen LogP contribution in [0.4, 0.5) is 17.1 Å². The van der Waals surface area contributed by atoms with Crippen molar-refractivity contribution in [3.63, 3.8) is 0 Å². The minimum Gasteiger partial charge on any atom is -0.350 e. The van der Waals surface area contributed by atoms with E-state index in [1.165, 1.54) is 0 Å². The third-order valence-corrected chi connectivity index (χ3v) is 6.19. The fourth-order valence-corrected chi connectivity index (χ4v) is 3.99. The molecule has 0 radical (unpaired) electrons. The summed E-state index contributed by atoms with van der Waals surface area (Å²) in [5, 5.41) is 6.13. The molecule has 0 fully saturated rings. The van der Waals surface area contributed by atoms with E-state index < -0.39 is 11.8 Å². The second-order valence-electron chi connectivity index (χ2n) is 8.02. The lowest BCUT2D eigenvalue weighted by atomic mass is 10.1. The van der Waals surface area contributed by atoms with Gasteiger partial charge < -0.3 is 10.6 Å². The van der Waals surface area contributed by atoms with Crippen LogP contribution in [0.15, 0.2) is 71.4 Å². The number of imide groups is 1. The highest BCUT2D eigenvalue weighted by atomic mass is 35.5. The molecule has 0 aliphatic carbocycles. The lowest BCUT2D eigenvalue weighted by Crippen LogP contribution is -2.32. The number of nitrogens with zero attached hydrogens (tertiary/aromatic N) is 1. The van der Waals surface area contributed by atoms with E-state index in [-0.39, 0.29) is 16.6 Å². The first kappa shape index (κ1) is 23.5. The highest BCUT2D eigenvalue weighted by Crippen LogP contribution is 2.31. The molecule has 0 saturated carbocycles. The molecule has 4 rings (SSSR count). The Labute approximate surface area is 207 Å². The van der Waals surface area contributed by atoms with E-state index in [4.69, 9.17) is 23.2 Å². The maximum Gasteiger partial charge on any atom is 0.283 e. The van der Waals surface area contributed by atoms with Gasteiger partial charge in [-0.1, -0.05) is 35.3 Å². The van der Waals surface area contributed by atoms with Gasteiger partial charge in [0.15, 0.2) is 0 Å². The smallest absolute Gasteiger partial charge is 0.283 e. The molecule has 8 heteroatoms. The van der Waals surface area contributed by atoms with Crippen LogP contribution in [0.3, 0.4) is 0 Å². The predicted octanol–water partition coefficient (Wildman–Crippen LogP) is 5.95. The van der Waals surface area contributed by atoms with Gasteiger partial charge in [0.25, 0.3) is 17.7 Å². The monoisotopic (exact) mass is 493 g/mol. The lowest BCUT2D eigenvalue weighted by Gasteiger charge is -2.16. The van der Waals surface area contributed by atoms with Crippen LogP contribution in [0.5, 0.6) is 0 Å². The number of hydrogen-bond donors (Lipinski definition) is 2. The molecule has 172 valence electrons. The van der Waals surface area contributed by atoms with E-state index >= 15 is 0 Å². The predicted molar refractivity (Wildman–Crippen MR) is 135 cm³/mol. The number of carbonyl (C=O) groups is 3. The molecule has 0 saturated heterocycles. The highest BCUT2D eigenvalue weighted by Gasteiger charge is 2.39. The van der Waals surface area contributed by atoms with E-state index in [2.05, 4.69) is 10.6 Å². The van der Waals surface area contributed by atoms with Crippen LogP contribution in [0.2, 0.25) is 5.02 Å². The summed E-state index contributed by atoms with van der Waals surface area (Å²) >= 11 is 12.2. The first-order chi connectivity index (χ1) is 16.2. The maximum absolute atomic E-state index is 13.1. The van der Waals surface area contributed by atoms with E-state index in [0.29, 0.717) is 27.6 Å². The average molecular weight is 494 g/mol. The molecular formula is C26H21Cl2N3O3. The molecule has 0 bridgehead atoms. The Kier molecular flexibility index (Phi) is 6.46. The van der Waals surface area contributed by atoms with Crippen LogP contribution in [-0.4, -0.2) is 17.7 Å². The third-order valence-electron chi connectivity index (χ3n) is 5.61. The summed E-state index contributed by atoms with van der Waals surface area (Å²) in [5.41, 5.74) is 4.66. The number of anilines is 3. The molecule has 3 aromatic rings. The summed E-state index contributed by atoms with van der Waals surface area (Å²) in [6.07, 6.45) is 0. The third kappa shape index (κ3) is 4.55. The lowest BCUT2D eigenvalue weighted by molar-refractivity contribution is -0.120. The first-order valence-corrected chi connectivity index (χ1v) is 11.2. The standard InChI is InChI=1S/C26H21Cl2N3O3/c1-14-7-9-20(12-15(14)2)31-25(33)22(28)23(26(31)34)29-19-6-4-5-17(13-19)24(32)30-21-10-8-18(27)11-16(21)3/h4-13,29H,1-3H3,(H,30,32). The van der Waals surface area contributed by atoms with E-state index in [0.717, 1.165) is 21.6 Å². The summed E-state index contributed by atoms with van der Waals surface area (Å²) in [6, 6.07) is 17.1. The van der Waals surface area contributed by atoms with Crippen LogP contribution in [0.25, 0.3) is 0 Å². The maximum atomic E-state index is 13.1. The fourth-order valence-electron chi connectivity index (χ4n) is 3.55. The SMILES string of the molecule is Cc1ccc(N2C(=O)C(Cl)=C(Nc3cccc(C(=O)Nc4ccc(Cl)cc4C)c3)C2=O)cc1C. The van der Waals surface area contributed by atoms with Gasteiger partial charge in [-0.25, -0.2) is 4.90 Å². The molecule has 0 aromatic heterocycles. The molecule has 1 aliphatic heterocycles. The van der Waals surface area contributed by atoms with Crippen molar-refractivity contribution in [1.82, 2.24) is 0 Å². The van der Waals surface area contributed by atoms with Crippen molar-refractivity contribution in [3.05, 3.63) is 98.7 Å². The van der Waals surface area contributed by atoms with Crippen LogP contribution in [0, 0.1) is 20.8 Å². The quantitative estimate of drug-likeness (QED) is 0.430. The number of rotatable bonds is 5. The van der Waals surface area contributed by atoms with Crippen molar-refractivity contribution < 1.29 is 14.4 Å². The Morgan fingerprint density at radius 3 is 2.29 bits per heavy atom. The van der Waals surface area contributed by atoms with Gasteiger partial charge in [-0.15, -0.1) is 0 Å². The number of carbonyl (C=O) groups excluding carboxylic acids is 3. The molecule has 0 unspecified atom stereocenters. The van der Waals surface area contributed by atoms with Crippen molar-refractivity contribution in [2.24, 2.45) is 0 Å². The van der Waals surface area contributed by atoms with Crippen molar-refractivity contribution in [3.8, 4) is 0 Å². The van der Waals surface area contributed by atoms with Gasteiger partial charge in [-0.2, -0.15) is 0 Å². The summed E-state index contributed by atoms with van der Waals surface area (Å²) < 4.78 is 0. The van der Waals surface area contributed by atoms with Gasteiger partial charge >= 0.3 is 0 Å². The molecule has 6 nitrogen and oxygen atoms in total. The minimum atomic E-state index is -0.607. The number of amides is 3. The van der Waals surface area contributed by atoms with E-state index in [9.17, 15) is 14.4 Å². The number of benzene rings is 3. The summed E-state index contributed by atoms with van der Waals surface area (Å²) in [4.78, 5) is 39.6. The Morgan fingerprint density at radius 1 is 0.824 bits per heavy atom. The Bertz CT molecular complexity index is 1380. The van der Waals surface area contributed by atoms with Gasteiger partial charge in [0.05, 0.1) is 5.69 Å². The van der Waals surface area contributed by atoms with Crippen LogP contribution in [0.1, 0.15) is 27.0 Å². The number of aryl methyl sites for hydroxylation is 3. The average Bonchev–Trinajstić information content (AvgIpc) is 3.01. The highest BCUT2D eigenvalue weighted by molar-refractivity contribution is 6.53. The molecule has 1 aliphatic rings. The Balaban J connectivity index is 1.55. The van der Waals surface area contributed by atoms with Crippen molar-refractivity contribution in [2.45, 2.75) is 20.8 Å². The van der Waals surface area contributed by atoms with Crippen molar-refractivity contribution in [1.29, 1.82) is 0 Å². The van der Waals surface area contributed by atoms with Crippen molar-refractivity contribution >= 4 is 58.0 Å². The van der Waals surface area contributed by atoms with Gasteiger partial charge in [0, 0.05) is 22.0 Å². The van der Waals surface area contributed by atoms with Crippen LogP contribution >= 0.6 is 23.2 Å². The van der Waals surface area contributed by atoms with Gasteiger partial charge in [0.2, 0.25) is 0 Å². The topological polar surface area (TPSA) is 78.5 Å². The summed E-state index contributed by atoms with van der Waals surface area (Å²) in [6.45, 7) is 5.69. The molecule has 2 N–H and O–H groups in total. The molecule has 0 spiro atoms. The molecule has 0 atom stereocenters. The molecule has 1 heterocycles. The van der Waals surface area contributed by atoms with Gasteiger partial charge in [-0.05, 0) is 86.0 Å². The normalized spacial score (nSPS) is 13.5. The van der Waals surface area contributed by atoms with E-state index in [1.807, 2.05) is 26.8 Å². The van der Waals surface area contributed by atoms with Crippen molar-refractivity contribution in [2.75, 3.05) is 15.5 Å². The molecule has 34 heavy (non-hydrogen) atoms. The number of halogens is 2. The summed E-state index contributed by atoms with van der Waals surface area (Å²) in [7, 11) is 0. The van der Waals surface area contributed by atoms with Gasteiger partial charge in [-0.3, -0.25) is 14.4 Å². The Morgan fingerprint density at radius 2 is 1.59 bits per heavy atom. The zero-order chi connectivity index (χ0) is 24.6. The van der Waals surface area contributed by atoms with Gasteiger partial charge in [0.1, 0.15) is 10.7 Å². The fraction of sp³-hybridized carbons (Fsp3) is 0.115. The zero-order valence-corrected chi connectivity index (χ0v) is 20.2. The largest absolute Gasteiger partial charge is 0.350 e. The molecule has 3 aromatic carbocycles. The number of hydrogen-bond acceptors (Lipinski definition) is 4.